The lowest BCUT2D eigenvalue weighted by Gasteiger charge is -2.23. The molecule has 130 valence electrons. The van der Waals surface area contributed by atoms with Crippen LogP contribution in [-0.4, -0.2) is 42.4 Å². The van der Waals surface area contributed by atoms with Crippen molar-refractivity contribution in [3.63, 3.8) is 0 Å². The summed E-state index contributed by atoms with van der Waals surface area (Å²) < 4.78 is 7.03. The number of carbonyl (C=O) groups excluding carboxylic acids is 1. The fraction of sp³-hybridized carbons (Fsp3) is 0.375. The molecule has 0 unspecified atom stereocenters. The number of carbonyl (C=O) groups is 1. The fourth-order valence-electron chi connectivity index (χ4n) is 3.08. The summed E-state index contributed by atoms with van der Waals surface area (Å²) in [5.41, 5.74) is 0. The van der Waals surface area contributed by atoms with Crippen molar-refractivity contribution in [2.45, 2.75) is 32.4 Å². The van der Waals surface area contributed by atoms with E-state index >= 15 is 0 Å². The number of nitrogens with zero attached hydrogens (tertiary/aromatic N) is 5. The molecule has 4 rings (SSSR count). The first-order chi connectivity index (χ1) is 12.2. The number of furan rings is 1. The largest absolute Gasteiger partial charge is 0.467 e. The maximum absolute atomic E-state index is 12.7. The van der Waals surface area contributed by atoms with Gasteiger partial charge in [-0.2, -0.15) is 10.2 Å². The number of amides is 2. The highest BCUT2D eigenvalue weighted by atomic mass is 16.3. The molecule has 0 spiro atoms. The highest BCUT2D eigenvalue weighted by molar-refractivity contribution is 5.88. The zero-order valence-corrected chi connectivity index (χ0v) is 13.8. The number of anilines is 1. The first-order valence-corrected chi connectivity index (χ1v) is 8.21. The minimum atomic E-state index is -0.175. The topological polar surface area (TPSA) is 105 Å². The van der Waals surface area contributed by atoms with Crippen LogP contribution in [0.2, 0.25) is 0 Å². The number of hydrogen-bond donors (Lipinski definition) is 2. The van der Waals surface area contributed by atoms with Gasteiger partial charge in [-0.1, -0.05) is 0 Å². The van der Waals surface area contributed by atoms with Gasteiger partial charge in [0.1, 0.15) is 23.9 Å². The van der Waals surface area contributed by atoms with Crippen molar-refractivity contribution < 1.29 is 9.21 Å². The second-order valence-corrected chi connectivity index (χ2v) is 6.01. The molecule has 0 saturated carbocycles. The predicted molar refractivity (Wildman–Crippen MR) is 88.9 cm³/mol. The molecule has 9 heteroatoms. The van der Waals surface area contributed by atoms with Crippen LogP contribution in [-0.2, 0) is 6.54 Å². The molecule has 0 bridgehead atoms. The molecule has 0 radical (unpaired) electrons. The number of hydrogen-bond acceptors (Lipinski definition) is 5. The molecule has 0 aromatic carbocycles. The van der Waals surface area contributed by atoms with E-state index in [0.717, 1.165) is 24.4 Å². The SMILES string of the molecule is Cc1nc([C@@H]2CCCN2C(=O)Nc2ccnn2Cc2ccco2)n[nH]1. The Morgan fingerprint density at radius 2 is 2.40 bits per heavy atom. The monoisotopic (exact) mass is 341 g/mol. The molecule has 4 heterocycles. The molecule has 1 atom stereocenters. The van der Waals surface area contributed by atoms with E-state index < -0.39 is 0 Å². The Hall–Kier alpha value is -3.10. The van der Waals surface area contributed by atoms with Crippen LogP contribution in [0.1, 0.15) is 36.3 Å². The third-order valence-electron chi connectivity index (χ3n) is 4.26. The molecule has 3 aromatic rings. The van der Waals surface area contributed by atoms with Crippen LogP contribution in [0.25, 0.3) is 0 Å². The quantitative estimate of drug-likeness (QED) is 0.758. The number of aromatic amines is 1. The summed E-state index contributed by atoms with van der Waals surface area (Å²) in [4.78, 5) is 18.9. The van der Waals surface area contributed by atoms with Crippen molar-refractivity contribution in [3.05, 3.63) is 48.1 Å². The first-order valence-electron chi connectivity index (χ1n) is 8.21. The number of aryl methyl sites for hydroxylation is 1. The number of H-pyrrole nitrogens is 1. The third-order valence-corrected chi connectivity index (χ3v) is 4.26. The van der Waals surface area contributed by atoms with Gasteiger partial charge in [-0.3, -0.25) is 10.4 Å². The molecule has 9 nitrogen and oxygen atoms in total. The zero-order chi connectivity index (χ0) is 17.2. The van der Waals surface area contributed by atoms with Crippen molar-refractivity contribution in [2.24, 2.45) is 0 Å². The van der Waals surface area contributed by atoms with Crippen LogP contribution in [0.4, 0.5) is 10.6 Å². The lowest BCUT2D eigenvalue weighted by Crippen LogP contribution is -2.35. The third kappa shape index (κ3) is 3.12. The maximum atomic E-state index is 12.7. The molecular weight excluding hydrogens is 322 g/mol. The standard InChI is InChI=1S/C16H19N7O2/c1-11-18-15(21-20-11)13-5-2-8-22(13)16(24)19-14-6-7-17-23(14)10-12-4-3-9-25-12/h3-4,6-7,9,13H,2,5,8,10H2,1H3,(H,19,24)(H,18,20,21)/t13-/m0/s1. The van der Waals surface area contributed by atoms with Gasteiger partial charge in [-0.25, -0.2) is 14.5 Å². The molecule has 3 aromatic heterocycles. The van der Waals surface area contributed by atoms with Crippen molar-refractivity contribution in [1.82, 2.24) is 29.9 Å². The molecule has 1 aliphatic rings. The zero-order valence-electron chi connectivity index (χ0n) is 13.8. The Bertz CT molecular complexity index is 852. The summed E-state index contributed by atoms with van der Waals surface area (Å²) in [5.74, 6) is 2.81. The van der Waals surface area contributed by atoms with E-state index in [2.05, 4.69) is 25.6 Å². The summed E-state index contributed by atoms with van der Waals surface area (Å²) in [5, 5.41) is 14.2. The lowest BCUT2D eigenvalue weighted by molar-refractivity contribution is 0.205. The maximum Gasteiger partial charge on any atom is 0.323 e. The van der Waals surface area contributed by atoms with Gasteiger partial charge in [-0.05, 0) is 31.9 Å². The summed E-state index contributed by atoms with van der Waals surface area (Å²) in [6, 6.07) is 5.18. The molecule has 1 fully saturated rings. The molecule has 0 aliphatic carbocycles. The number of urea groups is 1. The van der Waals surface area contributed by atoms with Gasteiger partial charge in [0.2, 0.25) is 0 Å². The fourth-order valence-corrected chi connectivity index (χ4v) is 3.08. The van der Waals surface area contributed by atoms with Crippen LogP contribution in [0, 0.1) is 6.92 Å². The van der Waals surface area contributed by atoms with Crippen molar-refractivity contribution in [3.8, 4) is 0 Å². The van der Waals surface area contributed by atoms with E-state index in [0.29, 0.717) is 24.7 Å². The number of likely N-dealkylation sites (tertiary alicyclic amines) is 1. The van der Waals surface area contributed by atoms with E-state index in [9.17, 15) is 4.79 Å². The van der Waals surface area contributed by atoms with E-state index in [4.69, 9.17) is 4.42 Å². The summed E-state index contributed by atoms with van der Waals surface area (Å²) in [6.07, 6.45) is 5.05. The highest BCUT2D eigenvalue weighted by Crippen LogP contribution is 2.30. The van der Waals surface area contributed by atoms with Crippen molar-refractivity contribution in [2.75, 3.05) is 11.9 Å². The summed E-state index contributed by atoms with van der Waals surface area (Å²) in [7, 11) is 0. The Balaban J connectivity index is 1.47. The number of nitrogens with one attached hydrogen (secondary N) is 2. The minimum Gasteiger partial charge on any atom is -0.467 e. The van der Waals surface area contributed by atoms with Gasteiger partial charge >= 0.3 is 6.03 Å². The Kier molecular flexibility index (Phi) is 3.96. The lowest BCUT2D eigenvalue weighted by atomic mass is 10.2. The van der Waals surface area contributed by atoms with Gasteiger partial charge in [0, 0.05) is 12.6 Å². The van der Waals surface area contributed by atoms with E-state index in [1.165, 1.54) is 0 Å². The first kappa shape index (κ1) is 15.4. The Morgan fingerprint density at radius 1 is 1.48 bits per heavy atom. The average Bonchev–Trinajstić information content (AvgIpc) is 3.35. The average molecular weight is 341 g/mol. The van der Waals surface area contributed by atoms with Crippen LogP contribution in [0.3, 0.4) is 0 Å². The summed E-state index contributed by atoms with van der Waals surface area (Å²) in [6.45, 7) is 2.98. The summed E-state index contributed by atoms with van der Waals surface area (Å²) >= 11 is 0. The second kappa shape index (κ2) is 6.42. The predicted octanol–water partition coefficient (Wildman–Crippen LogP) is 2.32. The smallest absolute Gasteiger partial charge is 0.323 e. The van der Waals surface area contributed by atoms with Gasteiger partial charge in [0.05, 0.1) is 18.5 Å². The number of rotatable bonds is 4. The van der Waals surface area contributed by atoms with Crippen LogP contribution in [0.5, 0.6) is 0 Å². The second-order valence-electron chi connectivity index (χ2n) is 6.01. The van der Waals surface area contributed by atoms with E-state index in [-0.39, 0.29) is 12.1 Å². The van der Waals surface area contributed by atoms with Gasteiger partial charge < -0.3 is 9.32 Å². The Labute approximate surface area is 144 Å². The van der Waals surface area contributed by atoms with E-state index in [1.807, 2.05) is 19.1 Å². The normalized spacial score (nSPS) is 17.2. The molecular formula is C16H19N7O2. The van der Waals surface area contributed by atoms with Crippen LogP contribution >= 0.6 is 0 Å². The Morgan fingerprint density at radius 3 is 3.16 bits per heavy atom. The molecule has 2 N–H and O–H groups in total. The van der Waals surface area contributed by atoms with Gasteiger partial charge in [-0.15, -0.1) is 0 Å². The van der Waals surface area contributed by atoms with Crippen LogP contribution < -0.4 is 5.32 Å². The molecule has 1 saturated heterocycles. The highest BCUT2D eigenvalue weighted by Gasteiger charge is 2.33. The van der Waals surface area contributed by atoms with Crippen LogP contribution in [0.15, 0.2) is 35.1 Å². The van der Waals surface area contributed by atoms with Gasteiger partial charge in [0.25, 0.3) is 0 Å². The van der Waals surface area contributed by atoms with Crippen molar-refractivity contribution in [1.29, 1.82) is 0 Å². The van der Waals surface area contributed by atoms with Gasteiger partial charge in [0.15, 0.2) is 5.82 Å². The minimum absolute atomic E-state index is 0.105. The number of aromatic nitrogens is 5. The van der Waals surface area contributed by atoms with E-state index in [1.54, 1.807) is 28.1 Å². The molecule has 1 aliphatic heterocycles. The molecule has 25 heavy (non-hydrogen) atoms. The van der Waals surface area contributed by atoms with Crippen molar-refractivity contribution >= 4 is 11.8 Å². The molecule has 2 amide bonds.